The molecule has 0 fully saturated rings. The van der Waals surface area contributed by atoms with Gasteiger partial charge in [0.25, 0.3) is 0 Å². The van der Waals surface area contributed by atoms with Crippen molar-refractivity contribution in [3.8, 4) is 5.75 Å². The van der Waals surface area contributed by atoms with Crippen LogP contribution in [-0.2, 0) is 4.79 Å². The first-order valence-electron chi connectivity index (χ1n) is 5.57. The third-order valence-corrected chi connectivity index (χ3v) is 2.19. The van der Waals surface area contributed by atoms with Crippen molar-refractivity contribution in [2.75, 3.05) is 11.9 Å². The summed E-state index contributed by atoms with van der Waals surface area (Å²) in [6.45, 7) is 6.09. The van der Waals surface area contributed by atoms with Crippen LogP contribution >= 0.6 is 0 Å². The molecule has 0 radical (unpaired) electrons. The summed E-state index contributed by atoms with van der Waals surface area (Å²) in [5.74, 6) is 0.565. The van der Waals surface area contributed by atoms with Gasteiger partial charge >= 0.3 is 0 Å². The van der Waals surface area contributed by atoms with Crippen molar-refractivity contribution < 1.29 is 9.53 Å². The summed E-state index contributed by atoms with van der Waals surface area (Å²) < 4.78 is 5.30. The minimum absolute atomic E-state index is 0.214. The molecule has 1 aromatic rings. The third kappa shape index (κ3) is 4.28. The summed E-state index contributed by atoms with van der Waals surface area (Å²) in [6, 6.07) is 6.61. The standard InChI is InChI=1S/C13H18N2O2/c1-3-5-12(14)13(16)15-10-6-8-11(9-7-10)17-4-2/h3,6-9,12H,1,4-5,14H2,2H3,(H,15,16). The molecule has 0 spiro atoms. The number of anilines is 1. The lowest BCUT2D eigenvalue weighted by Gasteiger charge is -2.10. The number of carbonyl (C=O) groups is 1. The molecular formula is C13H18N2O2. The maximum Gasteiger partial charge on any atom is 0.241 e. The van der Waals surface area contributed by atoms with Crippen LogP contribution in [0.3, 0.4) is 0 Å². The second-order valence-corrected chi connectivity index (χ2v) is 3.58. The molecule has 0 aliphatic rings. The smallest absolute Gasteiger partial charge is 0.241 e. The van der Waals surface area contributed by atoms with Gasteiger partial charge in [-0.05, 0) is 37.6 Å². The van der Waals surface area contributed by atoms with Gasteiger partial charge < -0.3 is 15.8 Å². The van der Waals surface area contributed by atoms with Crippen molar-refractivity contribution >= 4 is 11.6 Å². The Labute approximate surface area is 101 Å². The number of ether oxygens (including phenoxy) is 1. The largest absolute Gasteiger partial charge is 0.494 e. The average molecular weight is 234 g/mol. The van der Waals surface area contributed by atoms with Crippen LogP contribution in [-0.4, -0.2) is 18.6 Å². The Bertz CT molecular complexity index is 374. The van der Waals surface area contributed by atoms with Crippen molar-refractivity contribution in [1.82, 2.24) is 0 Å². The highest BCUT2D eigenvalue weighted by molar-refractivity contribution is 5.94. The lowest BCUT2D eigenvalue weighted by atomic mass is 10.2. The van der Waals surface area contributed by atoms with Crippen LogP contribution in [0.15, 0.2) is 36.9 Å². The van der Waals surface area contributed by atoms with Crippen LogP contribution in [0.1, 0.15) is 13.3 Å². The average Bonchev–Trinajstić information content (AvgIpc) is 2.32. The Balaban J connectivity index is 2.56. The van der Waals surface area contributed by atoms with Crippen molar-refractivity contribution in [2.45, 2.75) is 19.4 Å². The fourth-order valence-corrected chi connectivity index (χ4v) is 1.32. The second-order valence-electron chi connectivity index (χ2n) is 3.58. The van der Waals surface area contributed by atoms with E-state index in [1.165, 1.54) is 0 Å². The zero-order valence-corrected chi connectivity index (χ0v) is 9.98. The van der Waals surface area contributed by atoms with Gasteiger partial charge in [0, 0.05) is 5.69 Å². The van der Waals surface area contributed by atoms with Gasteiger partial charge in [0.1, 0.15) is 5.75 Å². The van der Waals surface area contributed by atoms with Crippen LogP contribution in [0.4, 0.5) is 5.69 Å². The fraction of sp³-hybridized carbons (Fsp3) is 0.308. The topological polar surface area (TPSA) is 64.4 Å². The maximum absolute atomic E-state index is 11.6. The van der Waals surface area contributed by atoms with E-state index in [1.807, 2.05) is 6.92 Å². The molecule has 0 saturated heterocycles. The molecule has 0 bridgehead atoms. The predicted octanol–water partition coefficient (Wildman–Crippen LogP) is 1.93. The van der Waals surface area contributed by atoms with Gasteiger partial charge in [0.05, 0.1) is 12.6 Å². The molecule has 1 unspecified atom stereocenters. The maximum atomic E-state index is 11.6. The highest BCUT2D eigenvalue weighted by Crippen LogP contribution is 2.15. The molecule has 1 atom stereocenters. The van der Waals surface area contributed by atoms with E-state index in [2.05, 4.69) is 11.9 Å². The molecular weight excluding hydrogens is 216 g/mol. The quantitative estimate of drug-likeness (QED) is 0.739. The van der Waals surface area contributed by atoms with Crippen molar-refractivity contribution in [2.24, 2.45) is 5.73 Å². The molecule has 0 aromatic heterocycles. The molecule has 0 heterocycles. The summed E-state index contributed by atoms with van der Waals surface area (Å²) >= 11 is 0. The summed E-state index contributed by atoms with van der Waals surface area (Å²) in [6.07, 6.45) is 2.09. The number of benzene rings is 1. The first kappa shape index (κ1) is 13.3. The van der Waals surface area contributed by atoms with Crippen LogP contribution in [0.5, 0.6) is 5.75 Å². The van der Waals surface area contributed by atoms with Crippen molar-refractivity contribution in [1.29, 1.82) is 0 Å². The molecule has 1 amide bonds. The molecule has 4 nitrogen and oxygen atoms in total. The van der Waals surface area contributed by atoms with Crippen molar-refractivity contribution in [3.63, 3.8) is 0 Å². The molecule has 4 heteroatoms. The lowest BCUT2D eigenvalue weighted by molar-refractivity contribution is -0.117. The molecule has 92 valence electrons. The zero-order valence-electron chi connectivity index (χ0n) is 9.98. The van der Waals surface area contributed by atoms with Gasteiger partial charge in [-0.25, -0.2) is 0 Å². The summed E-state index contributed by atoms with van der Waals surface area (Å²) in [7, 11) is 0. The Kier molecular flexibility index (Phi) is 5.23. The molecule has 0 saturated carbocycles. The number of hydrogen-bond acceptors (Lipinski definition) is 3. The van der Waals surface area contributed by atoms with Crippen LogP contribution in [0.2, 0.25) is 0 Å². The Morgan fingerprint density at radius 1 is 1.53 bits per heavy atom. The van der Waals surface area contributed by atoms with E-state index in [-0.39, 0.29) is 5.91 Å². The van der Waals surface area contributed by atoms with Gasteiger partial charge in [-0.2, -0.15) is 0 Å². The number of nitrogens with two attached hydrogens (primary N) is 1. The first-order chi connectivity index (χ1) is 8.17. The highest BCUT2D eigenvalue weighted by atomic mass is 16.5. The van der Waals surface area contributed by atoms with E-state index in [0.29, 0.717) is 18.7 Å². The number of amides is 1. The Morgan fingerprint density at radius 2 is 2.18 bits per heavy atom. The predicted molar refractivity (Wildman–Crippen MR) is 69.0 cm³/mol. The van der Waals surface area contributed by atoms with Gasteiger partial charge in [-0.1, -0.05) is 6.08 Å². The van der Waals surface area contributed by atoms with Gasteiger partial charge in [0.2, 0.25) is 5.91 Å². The molecule has 0 aliphatic heterocycles. The van der Waals surface area contributed by atoms with E-state index in [1.54, 1.807) is 30.3 Å². The summed E-state index contributed by atoms with van der Waals surface area (Å²) in [5, 5.41) is 2.73. The molecule has 0 aliphatic carbocycles. The number of rotatable bonds is 6. The lowest BCUT2D eigenvalue weighted by Crippen LogP contribution is -2.34. The molecule has 1 rings (SSSR count). The van der Waals surface area contributed by atoms with Gasteiger partial charge in [0.15, 0.2) is 0 Å². The molecule has 3 N–H and O–H groups in total. The SMILES string of the molecule is C=CCC(N)C(=O)Nc1ccc(OCC)cc1. The van der Waals surface area contributed by atoms with E-state index in [4.69, 9.17) is 10.5 Å². The Morgan fingerprint density at radius 3 is 2.71 bits per heavy atom. The second kappa shape index (κ2) is 6.70. The molecule has 17 heavy (non-hydrogen) atoms. The van der Waals surface area contributed by atoms with Crippen LogP contribution in [0, 0.1) is 0 Å². The zero-order chi connectivity index (χ0) is 12.7. The van der Waals surface area contributed by atoms with E-state index >= 15 is 0 Å². The first-order valence-corrected chi connectivity index (χ1v) is 5.57. The minimum atomic E-state index is -0.556. The van der Waals surface area contributed by atoms with Crippen molar-refractivity contribution in [3.05, 3.63) is 36.9 Å². The summed E-state index contributed by atoms with van der Waals surface area (Å²) in [4.78, 5) is 11.6. The normalized spacial score (nSPS) is 11.6. The van der Waals surface area contributed by atoms with Gasteiger partial charge in [-0.15, -0.1) is 6.58 Å². The van der Waals surface area contributed by atoms with Gasteiger partial charge in [-0.3, -0.25) is 4.79 Å². The highest BCUT2D eigenvalue weighted by Gasteiger charge is 2.11. The van der Waals surface area contributed by atoms with E-state index in [0.717, 1.165) is 5.75 Å². The monoisotopic (exact) mass is 234 g/mol. The number of hydrogen-bond donors (Lipinski definition) is 2. The summed E-state index contributed by atoms with van der Waals surface area (Å²) in [5.41, 5.74) is 6.35. The van der Waals surface area contributed by atoms with E-state index in [9.17, 15) is 4.79 Å². The molecule has 1 aromatic carbocycles. The number of nitrogens with one attached hydrogen (secondary N) is 1. The third-order valence-electron chi connectivity index (χ3n) is 2.19. The minimum Gasteiger partial charge on any atom is -0.494 e. The number of carbonyl (C=O) groups excluding carboxylic acids is 1. The Hall–Kier alpha value is -1.81. The van der Waals surface area contributed by atoms with Crippen LogP contribution in [0.25, 0.3) is 0 Å². The van der Waals surface area contributed by atoms with E-state index < -0.39 is 6.04 Å². The van der Waals surface area contributed by atoms with Crippen LogP contribution < -0.4 is 15.8 Å². The fourth-order valence-electron chi connectivity index (χ4n) is 1.32.